The van der Waals surface area contributed by atoms with E-state index in [1.165, 1.54) is 13.0 Å². The molecule has 1 rings (SSSR count). The molecule has 6 nitrogen and oxygen atoms in total. The first-order valence-electron chi connectivity index (χ1n) is 5.13. The Kier molecular flexibility index (Phi) is 5.24. The fourth-order valence-corrected chi connectivity index (χ4v) is 5.07. The van der Waals surface area contributed by atoms with Crippen LogP contribution in [0.1, 0.15) is 20.3 Å². The monoisotopic (exact) mass is 389 g/mol. The number of amidine groups is 1. The molecule has 0 amide bonds. The lowest BCUT2D eigenvalue weighted by Gasteiger charge is -2.27. The number of hydrogen-bond donors (Lipinski definition) is 3. The first-order valence-corrected chi connectivity index (χ1v) is 8.60. The highest BCUT2D eigenvalue weighted by Crippen LogP contribution is 2.35. The van der Waals surface area contributed by atoms with Crippen LogP contribution >= 0.6 is 38.9 Å². The number of hydrogen-bond acceptors (Lipinski definition) is 5. The lowest BCUT2D eigenvalue weighted by molar-refractivity contribution is 0.310. The second kappa shape index (κ2) is 5.96. The first-order chi connectivity index (χ1) is 8.66. The maximum Gasteiger partial charge on any atom is 0.251 e. The van der Waals surface area contributed by atoms with E-state index >= 15 is 0 Å². The largest absolute Gasteiger partial charge is 0.409 e. The number of rotatable bonds is 5. The zero-order chi connectivity index (χ0) is 14.8. The average Bonchev–Trinajstić information content (AvgIpc) is 2.68. The van der Waals surface area contributed by atoms with Crippen LogP contribution in [0.3, 0.4) is 0 Å². The molecule has 19 heavy (non-hydrogen) atoms. The molecular weight excluding hydrogens is 378 g/mol. The SMILES string of the molecule is CCC(C)(NS(=O)(=O)c1cc(Cl)c(Br)s1)C(N)=NO. The molecule has 1 unspecified atom stereocenters. The summed E-state index contributed by atoms with van der Waals surface area (Å²) in [7, 11) is -3.80. The first kappa shape index (κ1) is 16.7. The van der Waals surface area contributed by atoms with E-state index < -0.39 is 15.6 Å². The molecule has 108 valence electrons. The third-order valence-corrected chi connectivity index (χ3v) is 7.17. The minimum absolute atomic E-state index is 0.0507. The van der Waals surface area contributed by atoms with E-state index in [2.05, 4.69) is 25.8 Å². The molecule has 0 aliphatic heterocycles. The summed E-state index contributed by atoms with van der Waals surface area (Å²) in [5.41, 5.74) is 4.35. The van der Waals surface area contributed by atoms with Crippen LogP contribution < -0.4 is 10.5 Å². The Labute approximate surface area is 128 Å². The molecule has 1 aromatic heterocycles. The van der Waals surface area contributed by atoms with Crippen molar-refractivity contribution in [2.75, 3.05) is 0 Å². The molecule has 10 heteroatoms. The van der Waals surface area contributed by atoms with E-state index in [0.717, 1.165) is 11.3 Å². The van der Waals surface area contributed by atoms with Crippen molar-refractivity contribution in [2.45, 2.75) is 30.0 Å². The second-order valence-corrected chi connectivity index (χ2v) is 8.65. The zero-order valence-corrected chi connectivity index (χ0v) is 14.1. The molecule has 0 spiro atoms. The lowest BCUT2D eigenvalue weighted by atomic mass is 10.00. The molecule has 1 atom stereocenters. The molecule has 0 aromatic carbocycles. The summed E-state index contributed by atoms with van der Waals surface area (Å²) < 4.78 is 27.4. The van der Waals surface area contributed by atoms with E-state index in [9.17, 15) is 8.42 Å². The molecule has 0 bridgehead atoms. The minimum atomic E-state index is -3.80. The third kappa shape index (κ3) is 3.60. The van der Waals surface area contributed by atoms with Crippen molar-refractivity contribution < 1.29 is 13.6 Å². The van der Waals surface area contributed by atoms with Gasteiger partial charge in [0.1, 0.15) is 4.21 Å². The van der Waals surface area contributed by atoms with Crippen LogP contribution in [-0.2, 0) is 10.0 Å². The summed E-state index contributed by atoms with van der Waals surface area (Å²) in [4.78, 5) is 0. The van der Waals surface area contributed by atoms with Gasteiger partial charge in [-0.2, -0.15) is 4.72 Å². The average molecular weight is 391 g/mol. The van der Waals surface area contributed by atoms with Crippen molar-refractivity contribution in [3.8, 4) is 0 Å². The molecule has 0 fully saturated rings. The minimum Gasteiger partial charge on any atom is -0.409 e. The third-order valence-electron chi connectivity index (χ3n) is 2.63. The van der Waals surface area contributed by atoms with Gasteiger partial charge in [0.2, 0.25) is 0 Å². The highest BCUT2D eigenvalue weighted by molar-refractivity contribution is 9.11. The number of nitrogens with zero attached hydrogens (tertiary/aromatic N) is 1. The standard InChI is InChI=1S/C9H13BrClN3O3S2/c1-3-9(2,8(12)13-15)14-19(16,17)6-4-5(11)7(10)18-6/h4,14-15H,3H2,1-2H3,(H2,12,13). The van der Waals surface area contributed by atoms with Crippen LogP contribution in [0, 0.1) is 0 Å². The van der Waals surface area contributed by atoms with Gasteiger partial charge in [-0.25, -0.2) is 8.42 Å². The quantitative estimate of drug-likeness (QED) is 0.310. The number of oxime groups is 1. The number of thiophene rings is 1. The number of nitrogens with one attached hydrogen (secondary N) is 1. The van der Waals surface area contributed by atoms with E-state index in [0.29, 0.717) is 15.2 Å². The van der Waals surface area contributed by atoms with Crippen molar-refractivity contribution in [1.82, 2.24) is 4.72 Å². The van der Waals surface area contributed by atoms with Crippen LogP contribution in [-0.4, -0.2) is 25.0 Å². The maximum absolute atomic E-state index is 12.2. The second-order valence-electron chi connectivity index (χ2n) is 3.96. The van der Waals surface area contributed by atoms with Gasteiger partial charge in [0.25, 0.3) is 10.0 Å². The topological polar surface area (TPSA) is 105 Å². The molecular formula is C9H13BrClN3O3S2. The summed E-state index contributed by atoms with van der Waals surface area (Å²) >= 11 is 9.95. The summed E-state index contributed by atoms with van der Waals surface area (Å²) in [5, 5.41) is 11.9. The number of halogens is 2. The van der Waals surface area contributed by atoms with Crippen LogP contribution in [0.25, 0.3) is 0 Å². The van der Waals surface area contributed by atoms with Gasteiger partial charge >= 0.3 is 0 Å². The van der Waals surface area contributed by atoms with E-state index in [1.54, 1.807) is 6.92 Å². The number of sulfonamides is 1. The molecule has 0 saturated heterocycles. The van der Waals surface area contributed by atoms with Gasteiger partial charge in [-0.15, -0.1) is 11.3 Å². The van der Waals surface area contributed by atoms with Gasteiger partial charge in [0.15, 0.2) is 5.84 Å². The van der Waals surface area contributed by atoms with E-state index in [1.807, 2.05) is 0 Å². The van der Waals surface area contributed by atoms with Crippen molar-refractivity contribution in [3.05, 3.63) is 14.9 Å². The Morgan fingerprint density at radius 1 is 1.74 bits per heavy atom. The van der Waals surface area contributed by atoms with E-state index in [-0.39, 0.29) is 10.0 Å². The van der Waals surface area contributed by atoms with Crippen LogP contribution in [0.5, 0.6) is 0 Å². The van der Waals surface area contributed by atoms with Crippen molar-refractivity contribution >= 4 is 54.7 Å². The Bertz CT molecular complexity index is 582. The van der Waals surface area contributed by atoms with Crippen LogP contribution in [0.15, 0.2) is 19.2 Å². The van der Waals surface area contributed by atoms with Crippen molar-refractivity contribution in [2.24, 2.45) is 10.9 Å². The van der Waals surface area contributed by atoms with Crippen molar-refractivity contribution in [3.63, 3.8) is 0 Å². The molecule has 1 aromatic rings. The molecule has 0 radical (unpaired) electrons. The summed E-state index contributed by atoms with van der Waals surface area (Å²) in [6.07, 6.45) is 0.322. The van der Waals surface area contributed by atoms with Gasteiger partial charge in [-0.3, -0.25) is 0 Å². The molecule has 0 saturated carbocycles. The predicted octanol–water partition coefficient (Wildman–Crippen LogP) is 2.36. The summed E-state index contributed by atoms with van der Waals surface area (Å²) in [6.45, 7) is 3.25. The van der Waals surface area contributed by atoms with Gasteiger partial charge in [-0.1, -0.05) is 23.7 Å². The van der Waals surface area contributed by atoms with Crippen LogP contribution in [0.2, 0.25) is 5.02 Å². The van der Waals surface area contributed by atoms with Gasteiger partial charge < -0.3 is 10.9 Å². The molecule has 0 aliphatic carbocycles. The van der Waals surface area contributed by atoms with Crippen LogP contribution in [0.4, 0.5) is 0 Å². The Morgan fingerprint density at radius 2 is 2.32 bits per heavy atom. The Morgan fingerprint density at radius 3 is 2.68 bits per heavy atom. The highest BCUT2D eigenvalue weighted by Gasteiger charge is 2.34. The fraction of sp³-hybridized carbons (Fsp3) is 0.444. The van der Waals surface area contributed by atoms with Gasteiger partial charge in [0, 0.05) is 0 Å². The van der Waals surface area contributed by atoms with Gasteiger partial charge in [-0.05, 0) is 35.3 Å². The fourth-order valence-electron chi connectivity index (χ4n) is 1.22. The Hall–Kier alpha value is -0.350. The summed E-state index contributed by atoms with van der Waals surface area (Å²) in [5.74, 6) is -0.208. The van der Waals surface area contributed by atoms with Gasteiger partial charge in [0.05, 0.1) is 14.3 Å². The number of nitrogens with two attached hydrogens (primary N) is 1. The molecule has 0 aliphatic rings. The highest BCUT2D eigenvalue weighted by atomic mass is 79.9. The summed E-state index contributed by atoms with van der Waals surface area (Å²) in [6, 6.07) is 1.33. The smallest absolute Gasteiger partial charge is 0.251 e. The predicted molar refractivity (Wildman–Crippen MR) is 79.5 cm³/mol. The normalized spacial score (nSPS) is 16.3. The van der Waals surface area contributed by atoms with E-state index in [4.69, 9.17) is 22.5 Å². The lowest BCUT2D eigenvalue weighted by Crippen LogP contribution is -2.54. The maximum atomic E-state index is 12.2. The molecule has 1 heterocycles. The Balaban J connectivity index is 3.15. The molecule has 4 N–H and O–H groups in total. The van der Waals surface area contributed by atoms with Crippen molar-refractivity contribution in [1.29, 1.82) is 0 Å². The zero-order valence-electron chi connectivity index (χ0n) is 10.1.